The molecule has 1 N–H and O–H groups in total. The molecular formula is C10H27NO. The summed E-state index contributed by atoms with van der Waals surface area (Å²) in [5, 5.41) is 3.16. The maximum Gasteiger partial charge on any atom is 0.0591 e. The van der Waals surface area contributed by atoms with Crippen molar-refractivity contribution in [2.24, 2.45) is 0 Å². The van der Waals surface area contributed by atoms with Crippen LogP contribution in [-0.4, -0.2) is 26.3 Å². The Morgan fingerprint density at radius 3 is 1.17 bits per heavy atom. The molecule has 2 nitrogen and oxygen atoms in total. The number of morpholine rings is 1. The Balaban J connectivity index is -0.000000117. The molecule has 12 heavy (non-hydrogen) atoms. The van der Waals surface area contributed by atoms with Gasteiger partial charge in [-0.05, 0) is 0 Å². The standard InChI is InChI=1S/C4H9NO.3C2H6/c1-3-6-4-2-5-1;3*1-2/h5H,1-4H2;3*1-2H3. The second-order valence-corrected chi connectivity index (χ2v) is 1.36. The highest BCUT2D eigenvalue weighted by molar-refractivity contribution is 4.49. The minimum absolute atomic E-state index is 0.889. The minimum atomic E-state index is 0.889. The first-order chi connectivity index (χ1) is 6.00. The molecule has 1 aliphatic heterocycles. The summed E-state index contributed by atoms with van der Waals surface area (Å²) in [7, 11) is 0. The number of ether oxygens (including phenoxy) is 1. The van der Waals surface area contributed by atoms with E-state index in [0.29, 0.717) is 0 Å². The zero-order valence-corrected chi connectivity index (χ0v) is 9.74. The van der Waals surface area contributed by atoms with E-state index < -0.39 is 0 Å². The number of rotatable bonds is 0. The summed E-state index contributed by atoms with van der Waals surface area (Å²) in [6.07, 6.45) is 0. The van der Waals surface area contributed by atoms with E-state index in [4.69, 9.17) is 4.74 Å². The van der Waals surface area contributed by atoms with Crippen LogP contribution in [0.4, 0.5) is 0 Å². The van der Waals surface area contributed by atoms with E-state index in [2.05, 4.69) is 5.32 Å². The Labute approximate surface area is 78.7 Å². The molecule has 0 saturated carbocycles. The average molecular weight is 177 g/mol. The van der Waals surface area contributed by atoms with Crippen molar-refractivity contribution in [3.05, 3.63) is 0 Å². The lowest BCUT2D eigenvalue weighted by molar-refractivity contribution is 0.109. The molecule has 0 aromatic carbocycles. The Morgan fingerprint density at radius 2 is 1.08 bits per heavy atom. The van der Waals surface area contributed by atoms with Gasteiger partial charge in [-0.25, -0.2) is 0 Å². The van der Waals surface area contributed by atoms with Gasteiger partial charge in [-0.3, -0.25) is 0 Å². The summed E-state index contributed by atoms with van der Waals surface area (Å²) in [5.74, 6) is 0. The molecule has 0 unspecified atom stereocenters. The Bertz CT molecular complexity index is 25.3. The third-order valence-electron chi connectivity index (χ3n) is 0.846. The van der Waals surface area contributed by atoms with Crippen molar-refractivity contribution in [1.82, 2.24) is 5.32 Å². The van der Waals surface area contributed by atoms with Crippen molar-refractivity contribution >= 4 is 0 Å². The van der Waals surface area contributed by atoms with E-state index in [-0.39, 0.29) is 0 Å². The fourth-order valence-electron chi connectivity index (χ4n) is 0.516. The van der Waals surface area contributed by atoms with Crippen molar-refractivity contribution < 1.29 is 4.74 Å². The fraction of sp³-hybridized carbons (Fsp3) is 1.00. The van der Waals surface area contributed by atoms with Gasteiger partial charge in [-0.1, -0.05) is 41.5 Å². The van der Waals surface area contributed by atoms with E-state index in [0.717, 1.165) is 26.3 Å². The lowest BCUT2D eigenvalue weighted by Gasteiger charge is -2.10. The average Bonchev–Trinajstić information content (AvgIpc) is 2.29. The smallest absolute Gasteiger partial charge is 0.0591 e. The molecule has 0 aliphatic carbocycles. The maximum atomic E-state index is 5.01. The zero-order chi connectivity index (χ0) is 10.2. The molecule has 0 bridgehead atoms. The van der Waals surface area contributed by atoms with Crippen LogP contribution in [-0.2, 0) is 4.74 Å². The van der Waals surface area contributed by atoms with Crippen molar-refractivity contribution in [3.8, 4) is 0 Å². The highest BCUT2D eigenvalue weighted by atomic mass is 16.5. The van der Waals surface area contributed by atoms with Crippen LogP contribution in [0.1, 0.15) is 41.5 Å². The van der Waals surface area contributed by atoms with Crippen LogP contribution in [0.3, 0.4) is 0 Å². The molecule has 78 valence electrons. The van der Waals surface area contributed by atoms with Crippen molar-refractivity contribution in [3.63, 3.8) is 0 Å². The van der Waals surface area contributed by atoms with Gasteiger partial charge in [-0.15, -0.1) is 0 Å². The second kappa shape index (κ2) is 30.7. The minimum Gasteiger partial charge on any atom is -0.379 e. The third-order valence-corrected chi connectivity index (χ3v) is 0.846. The van der Waals surface area contributed by atoms with Gasteiger partial charge in [0.15, 0.2) is 0 Å². The van der Waals surface area contributed by atoms with Crippen LogP contribution >= 0.6 is 0 Å². The number of nitrogens with one attached hydrogen (secondary N) is 1. The van der Waals surface area contributed by atoms with E-state index in [9.17, 15) is 0 Å². The fourth-order valence-corrected chi connectivity index (χ4v) is 0.516. The molecule has 0 aromatic heterocycles. The Hall–Kier alpha value is -0.0800. The molecule has 1 rings (SSSR count). The molecule has 1 aliphatic rings. The predicted molar refractivity (Wildman–Crippen MR) is 57.7 cm³/mol. The highest BCUT2D eigenvalue weighted by Gasteiger charge is 1.92. The molecule has 1 saturated heterocycles. The van der Waals surface area contributed by atoms with Gasteiger partial charge in [0.2, 0.25) is 0 Å². The summed E-state index contributed by atoms with van der Waals surface area (Å²) < 4.78 is 5.01. The van der Waals surface area contributed by atoms with Crippen LogP contribution in [0.15, 0.2) is 0 Å². The van der Waals surface area contributed by atoms with Gasteiger partial charge >= 0.3 is 0 Å². The van der Waals surface area contributed by atoms with Crippen LogP contribution in [0.2, 0.25) is 0 Å². The van der Waals surface area contributed by atoms with E-state index >= 15 is 0 Å². The van der Waals surface area contributed by atoms with Gasteiger partial charge in [0, 0.05) is 13.1 Å². The number of hydrogen-bond acceptors (Lipinski definition) is 2. The van der Waals surface area contributed by atoms with Crippen molar-refractivity contribution in [2.75, 3.05) is 26.3 Å². The largest absolute Gasteiger partial charge is 0.379 e. The quantitative estimate of drug-likeness (QED) is 0.614. The van der Waals surface area contributed by atoms with Crippen molar-refractivity contribution in [2.45, 2.75) is 41.5 Å². The third kappa shape index (κ3) is 22.5. The van der Waals surface area contributed by atoms with E-state index in [1.54, 1.807) is 0 Å². The Kier molecular flexibility index (Phi) is 45.6. The summed E-state index contributed by atoms with van der Waals surface area (Å²) in [6, 6.07) is 0. The molecule has 2 heteroatoms. The lowest BCUT2D eigenvalue weighted by atomic mass is 10.5. The normalized spacial score (nSPS) is 13.5. The molecule has 1 fully saturated rings. The summed E-state index contributed by atoms with van der Waals surface area (Å²) in [6.45, 7) is 15.8. The molecular weight excluding hydrogens is 150 g/mol. The summed E-state index contributed by atoms with van der Waals surface area (Å²) in [4.78, 5) is 0. The van der Waals surface area contributed by atoms with Crippen LogP contribution in [0.25, 0.3) is 0 Å². The topological polar surface area (TPSA) is 21.3 Å². The molecule has 0 aromatic rings. The lowest BCUT2D eigenvalue weighted by Crippen LogP contribution is -2.30. The summed E-state index contributed by atoms with van der Waals surface area (Å²) >= 11 is 0. The van der Waals surface area contributed by atoms with Crippen molar-refractivity contribution in [1.29, 1.82) is 0 Å². The zero-order valence-electron chi connectivity index (χ0n) is 9.74. The van der Waals surface area contributed by atoms with Crippen LogP contribution in [0, 0.1) is 0 Å². The van der Waals surface area contributed by atoms with Gasteiger partial charge in [0.1, 0.15) is 0 Å². The van der Waals surface area contributed by atoms with E-state index in [1.165, 1.54) is 0 Å². The first-order valence-electron chi connectivity index (χ1n) is 5.28. The van der Waals surface area contributed by atoms with Gasteiger partial charge in [-0.2, -0.15) is 0 Å². The van der Waals surface area contributed by atoms with Crippen LogP contribution in [0.5, 0.6) is 0 Å². The predicted octanol–water partition coefficient (Wildman–Crippen LogP) is 2.68. The summed E-state index contributed by atoms with van der Waals surface area (Å²) in [5.41, 5.74) is 0. The maximum absolute atomic E-state index is 5.01. The van der Waals surface area contributed by atoms with Crippen LogP contribution < -0.4 is 5.32 Å². The van der Waals surface area contributed by atoms with E-state index in [1.807, 2.05) is 41.5 Å². The number of hydrogen-bond donors (Lipinski definition) is 1. The molecule has 0 spiro atoms. The highest BCUT2D eigenvalue weighted by Crippen LogP contribution is 1.76. The first-order valence-corrected chi connectivity index (χ1v) is 5.28. The molecule has 1 heterocycles. The second-order valence-electron chi connectivity index (χ2n) is 1.36. The van der Waals surface area contributed by atoms with Gasteiger partial charge in [0.25, 0.3) is 0 Å². The van der Waals surface area contributed by atoms with Gasteiger partial charge < -0.3 is 10.1 Å². The first kappa shape index (κ1) is 17.9. The molecule has 0 amide bonds. The monoisotopic (exact) mass is 177 g/mol. The molecule has 0 atom stereocenters. The van der Waals surface area contributed by atoms with Gasteiger partial charge in [0.05, 0.1) is 13.2 Å². The SMILES string of the molecule is C1COCCN1.CC.CC.CC. The Morgan fingerprint density at radius 1 is 0.750 bits per heavy atom. The molecule has 0 radical (unpaired) electrons.